The maximum absolute atomic E-state index is 11.3. The van der Waals surface area contributed by atoms with E-state index in [-0.39, 0.29) is 11.5 Å². The van der Waals surface area contributed by atoms with Gasteiger partial charge in [0.1, 0.15) is 6.04 Å². The Morgan fingerprint density at radius 1 is 1.56 bits per heavy atom. The Kier molecular flexibility index (Phi) is 4.74. The van der Waals surface area contributed by atoms with Crippen molar-refractivity contribution >= 4 is 5.97 Å². The second-order valence-corrected chi connectivity index (χ2v) is 5.22. The van der Waals surface area contributed by atoms with E-state index >= 15 is 0 Å². The number of likely N-dealkylation sites (tertiary alicyclic amines) is 1. The van der Waals surface area contributed by atoms with Crippen LogP contribution >= 0.6 is 0 Å². The normalized spacial score (nSPS) is 25.6. The molecule has 0 aliphatic carbocycles. The van der Waals surface area contributed by atoms with Crippen molar-refractivity contribution in [3.05, 3.63) is 0 Å². The molecule has 4 heteroatoms. The van der Waals surface area contributed by atoms with E-state index in [1.165, 1.54) is 0 Å². The van der Waals surface area contributed by atoms with Crippen molar-refractivity contribution in [2.75, 3.05) is 26.8 Å². The van der Waals surface area contributed by atoms with Gasteiger partial charge in [0.05, 0.1) is 0 Å². The quantitative estimate of drug-likeness (QED) is 0.727. The zero-order valence-corrected chi connectivity index (χ0v) is 10.5. The van der Waals surface area contributed by atoms with E-state index < -0.39 is 5.97 Å². The number of hydrogen-bond donors (Lipinski definition) is 1. The number of methoxy groups -OCH3 is 1. The van der Waals surface area contributed by atoms with Crippen LogP contribution in [0.5, 0.6) is 0 Å². The van der Waals surface area contributed by atoms with Crippen LogP contribution in [-0.2, 0) is 9.53 Å². The number of aliphatic carboxylic acids is 1. The summed E-state index contributed by atoms with van der Waals surface area (Å²) in [5.74, 6) is -0.692. The first-order chi connectivity index (χ1) is 7.49. The molecular formula is C12H23NO3. The Hall–Kier alpha value is -0.610. The summed E-state index contributed by atoms with van der Waals surface area (Å²) in [6, 6.07) is -0.349. The van der Waals surface area contributed by atoms with E-state index in [1.807, 2.05) is 13.8 Å². The molecule has 1 rings (SSSR count). The maximum Gasteiger partial charge on any atom is 0.321 e. The summed E-state index contributed by atoms with van der Waals surface area (Å²) in [4.78, 5) is 13.4. The van der Waals surface area contributed by atoms with Gasteiger partial charge in [0.2, 0.25) is 0 Å². The molecule has 0 aromatic carbocycles. The lowest BCUT2D eigenvalue weighted by molar-refractivity contribution is -0.150. The first-order valence-electron chi connectivity index (χ1n) is 5.95. The van der Waals surface area contributed by atoms with Crippen molar-refractivity contribution in [2.24, 2.45) is 5.41 Å². The van der Waals surface area contributed by atoms with Crippen molar-refractivity contribution in [1.82, 2.24) is 4.90 Å². The monoisotopic (exact) mass is 229 g/mol. The molecule has 0 spiro atoms. The Bertz CT molecular complexity index is 240. The second kappa shape index (κ2) is 5.64. The molecule has 0 aromatic heterocycles. The van der Waals surface area contributed by atoms with Crippen molar-refractivity contribution in [2.45, 2.75) is 39.2 Å². The summed E-state index contributed by atoms with van der Waals surface area (Å²) in [7, 11) is 1.68. The minimum Gasteiger partial charge on any atom is -0.480 e. The molecule has 4 nitrogen and oxygen atoms in total. The number of piperidine rings is 1. The summed E-state index contributed by atoms with van der Waals surface area (Å²) in [5.41, 5.74) is -0.128. The number of rotatable bonds is 5. The van der Waals surface area contributed by atoms with Crippen LogP contribution in [0, 0.1) is 5.41 Å². The molecule has 1 fully saturated rings. The van der Waals surface area contributed by atoms with Crippen molar-refractivity contribution in [3.63, 3.8) is 0 Å². The SMILES string of the molecule is COCCCN1CCCC(C)(C)C1C(=O)O. The van der Waals surface area contributed by atoms with E-state index in [4.69, 9.17) is 4.74 Å². The smallest absolute Gasteiger partial charge is 0.321 e. The van der Waals surface area contributed by atoms with Gasteiger partial charge in [0, 0.05) is 20.3 Å². The second-order valence-electron chi connectivity index (χ2n) is 5.22. The number of ether oxygens (including phenoxy) is 1. The Morgan fingerprint density at radius 3 is 2.81 bits per heavy atom. The molecule has 0 saturated carbocycles. The van der Waals surface area contributed by atoms with E-state index in [9.17, 15) is 9.90 Å². The molecule has 0 amide bonds. The lowest BCUT2D eigenvalue weighted by atomic mass is 9.76. The largest absolute Gasteiger partial charge is 0.480 e. The van der Waals surface area contributed by atoms with E-state index in [0.29, 0.717) is 6.61 Å². The molecule has 0 aromatic rings. The summed E-state index contributed by atoms with van der Waals surface area (Å²) >= 11 is 0. The highest BCUT2D eigenvalue weighted by Gasteiger charge is 2.41. The van der Waals surface area contributed by atoms with Gasteiger partial charge < -0.3 is 9.84 Å². The minimum atomic E-state index is -0.692. The molecule has 0 bridgehead atoms. The van der Waals surface area contributed by atoms with Gasteiger partial charge in [-0.15, -0.1) is 0 Å². The number of carboxylic acid groups (broad SMARTS) is 1. The van der Waals surface area contributed by atoms with Crippen LogP contribution in [0.2, 0.25) is 0 Å². The van der Waals surface area contributed by atoms with Crippen LogP contribution in [0.1, 0.15) is 33.1 Å². The average molecular weight is 229 g/mol. The van der Waals surface area contributed by atoms with Gasteiger partial charge in [-0.3, -0.25) is 9.69 Å². The molecule has 0 radical (unpaired) electrons. The van der Waals surface area contributed by atoms with E-state index in [1.54, 1.807) is 7.11 Å². The predicted molar refractivity (Wildman–Crippen MR) is 62.5 cm³/mol. The zero-order valence-electron chi connectivity index (χ0n) is 10.5. The first-order valence-corrected chi connectivity index (χ1v) is 5.95. The van der Waals surface area contributed by atoms with E-state index in [2.05, 4.69) is 4.90 Å². The lowest BCUT2D eigenvalue weighted by Gasteiger charge is -2.44. The molecular weight excluding hydrogens is 206 g/mol. The van der Waals surface area contributed by atoms with Gasteiger partial charge in [-0.05, 0) is 31.2 Å². The summed E-state index contributed by atoms with van der Waals surface area (Å²) in [6.45, 7) is 6.50. The highest BCUT2D eigenvalue weighted by Crippen LogP contribution is 2.35. The van der Waals surface area contributed by atoms with Crippen LogP contribution in [0.25, 0.3) is 0 Å². The third-order valence-electron chi connectivity index (χ3n) is 3.40. The number of nitrogens with zero attached hydrogens (tertiary/aromatic N) is 1. The van der Waals surface area contributed by atoms with E-state index in [0.717, 1.165) is 32.4 Å². The Balaban J connectivity index is 2.62. The summed E-state index contributed by atoms with van der Waals surface area (Å²) in [6.07, 6.45) is 2.98. The van der Waals surface area contributed by atoms with Crippen LogP contribution in [0.3, 0.4) is 0 Å². The summed E-state index contributed by atoms with van der Waals surface area (Å²) < 4.78 is 5.01. The molecule has 1 atom stereocenters. The van der Waals surface area contributed by atoms with Gasteiger partial charge in [-0.1, -0.05) is 13.8 Å². The minimum absolute atomic E-state index is 0.128. The fourth-order valence-corrected chi connectivity index (χ4v) is 2.64. The van der Waals surface area contributed by atoms with Crippen molar-refractivity contribution in [1.29, 1.82) is 0 Å². The Morgan fingerprint density at radius 2 is 2.25 bits per heavy atom. The van der Waals surface area contributed by atoms with Gasteiger partial charge in [0.25, 0.3) is 0 Å². The molecule has 16 heavy (non-hydrogen) atoms. The van der Waals surface area contributed by atoms with Crippen LogP contribution in [0.4, 0.5) is 0 Å². The standard InChI is InChI=1S/C12H23NO3/c1-12(2)6-4-7-13(8-5-9-16-3)10(12)11(14)15/h10H,4-9H2,1-3H3,(H,14,15). The van der Waals surface area contributed by atoms with Crippen molar-refractivity contribution in [3.8, 4) is 0 Å². The summed E-state index contributed by atoms with van der Waals surface area (Å²) in [5, 5.41) is 9.33. The topological polar surface area (TPSA) is 49.8 Å². The predicted octanol–water partition coefficient (Wildman–Crippen LogP) is 1.60. The average Bonchev–Trinajstić information content (AvgIpc) is 2.16. The van der Waals surface area contributed by atoms with Gasteiger partial charge >= 0.3 is 5.97 Å². The fraction of sp³-hybridized carbons (Fsp3) is 0.917. The lowest BCUT2D eigenvalue weighted by Crippen LogP contribution is -2.54. The zero-order chi connectivity index (χ0) is 12.2. The van der Waals surface area contributed by atoms with Gasteiger partial charge in [0.15, 0.2) is 0 Å². The van der Waals surface area contributed by atoms with Crippen molar-refractivity contribution < 1.29 is 14.6 Å². The third-order valence-corrected chi connectivity index (χ3v) is 3.40. The number of carboxylic acids is 1. The molecule has 1 N–H and O–H groups in total. The third kappa shape index (κ3) is 3.19. The molecule has 1 heterocycles. The number of hydrogen-bond acceptors (Lipinski definition) is 3. The molecule has 1 aliphatic rings. The Labute approximate surface area is 97.6 Å². The maximum atomic E-state index is 11.3. The van der Waals surface area contributed by atoms with Crippen LogP contribution in [0.15, 0.2) is 0 Å². The molecule has 1 unspecified atom stereocenters. The number of carbonyl (C=O) groups is 1. The van der Waals surface area contributed by atoms with Crippen LogP contribution in [-0.4, -0.2) is 48.8 Å². The van der Waals surface area contributed by atoms with Gasteiger partial charge in [-0.2, -0.15) is 0 Å². The molecule has 1 saturated heterocycles. The highest BCUT2D eigenvalue weighted by atomic mass is 16.5. The first kappa shape index (κ1) is 13.5. The highest BCUT2D eigenvalue weighted by molar-refractivity contribution is 5.74. The van der Waals surface area contributed by atoms with Crippen LogP contribution < -0.4 is 0 Å². The van der Waals surface area contributed by atoms with Gasteiger partial charge in [-0.25, -0.2) is 0 Å². The molecule has 1 aliphatic heterocycles. The molecule has 94 valence electrons. The fourth-order valence-electron chi connectivity index (χ4n) is 2.64.